The van der Waals surface area contributed by atoms with Gasteiger partial charge in [-0.1, -0.05) is 40.9 Å². The molecule has 0 fully saturated rings. The van der Waals surface area contributed by atoms with Gasteiger partial charge in [0.15, 0.2) is 0 Å². The quantitative estimate of drug-likeness (QED) is 0.706. The Morgan fingerprint density at radius 2 is 1.88 bits per heavy atom. The standard InChI is InChI=1S/C18H16Cl3N3O2/c19-15-5-2-12(8-17(15)21)11-24(6-1-7-25)18(26)23-14-4-3-13(10-22)16(20)9-14/h2-5,8-9,25H,1,6-7,11H2,(H,23,26). The molecule has 0 aromatic heterocycles. The summed E-state index contributed by atoms with van der Waals surface area (Å²) < 4.78 is 0. The van der Waals surface area contributed by atoms with Crippen LogP contribution in [0.5, 0.6) is 0 Å². The number of nitrogens with zero attached hydrogens (tertiary/aromatic N) is 2. The molecule has 0 bridgehead atoms. The van der Waals surface area contributed by atoms with Crippen LogP contribution in [0.2, 0.25) is 15.1 Å². The van der Waals surface area contributed by atoms with Crippen LogP contribution in [0.3, 0.4) is 0 Å². The molecular formula is C18H16Cl3N3O2. The predicted molar refractivity (Wildman–Crippen MR) is 104 cm³/mol. The summed E-state index contributed by atoms with van der Waals surface area (Å²) in [4.78, 5) is 14.2. The molecule has 0 aliphatic heterocycles. The van der Waals surface area contributed by atoms with E-state index in [4.69, 9.17) is 45.2 Å². The largest absolute Gasteiger partial charge is 0.396 e. The van der Waals surface area contributed by atoms with E-state index < -0.39 is 0 Å². The van der Waals surface area contributed by atoms with Gasteiger partial charge in [0.25, 0.3) is 0 Å². The van der Waals surface area contributed by atoms with Gasteiger partial charge in [-0.2, -0.15) is 5.26 Å². The average Bonchev–Trinajstić information content (AvgIpc) is 2.61. The van der Waals surface area contributed by atoms with Gasteiger partial charge in [-0.15, -0.1) is 0 Å². The van der Waals surface area contributed by atoms with Gasteiger partial charge in [0.05, 0.1) is 20.6 Å². The molecule has 0 atom stereocenters. The van der Waals surface area contributed by atoms with Crippen molar-refractivity contribution in [2.24, 2.45) is 0 Å². The van der Waals surface area contributed by atoms with E-state index in [0.717, 1.165) is 5.56 Å². The second-order valence-corrected chi connectivity index (χ2v) is 6.71. The number of halogens is 3. The van der Waals surface area contributed by atoms with Crippen LogP contribution < -0.4 is 5.32 Å². The zero-order valence-corrected chi connectivity index (χ0v) is 15.9. The number of carbonyl (C=O) groups excluding carboxylic acids is 1. The van der Waals surface area contributed by atoms with Gasteiger partial charge in [-0.05, 0) is 42.3 Å². The lowest BCUT2D eigenvalue weighted by Crippen LogP contribution is -2.35. The highest BCUT2D eigenvalue weighted by molar-refractivity contribution is 6.42. The zero-order valence-electron chi connectivity index (χ0n) is 13.7. The molecule has 8 heteroatoms. The van der Waals surface area contributed by atoms with Crippen LogP contribution in [0.1, 0.15) is 17.5 Å². The SMILES string of the molecule is N#Cc1ccc(NC(=O)N(CCCO)Cc2ccc(Cl)c(Cl)c2)cc1Cl. The Bertz CT molecular complexity index is 837. The van der Waals surface area contributed by atoms with Gasteiger partial charge in [0, 0.05) is 25.4 Å². The van der Waals surface area contributed by atoms with Gasteiger partial charge < -0.3 is 15.3 Å². The van der Waals surface area contributed by atoms with E-state index in [0.29, 0.717) is 40.8 Å². The van der Waals surface area contributed by atoms with E-state index in [1.165, 1.54) is 12.1 Å². The van der Waals surface area contributed by atoms with Crippen molar-refractivity contribution in [2.75, 3.05) is 18.5 Å². The highest BCUT2D eigenvalue weighted by Crippen LogP contribution is 2.24. The summed E-state index contributed by atoms with van der Waals surface area (Å²) in [7, 11) is 0. The van der Waals surface area contributed by atoms with Gasteiger partial charge in [-0.25, -0.2) is 4.79 Å². The minimum absolute atomic E-state index is 0.0339. The fraction of sp³-hybridized carbons (Fsp3) is 0.222. The van der Waals surface area contributed by atoms with Crippen molar-refractivity contribution in [3.63, 3.8) is 0 Å². The third kappa shape index (κ3) is 5.52. The number of carbonyl (C=O) groups is 1. The topological polar surface area (TPSA) is 76.4 Å². The number of aliphatic hydroxyl groups excluding tert-OH is 1. The number of hydrogen-bond donors (Lipinski definition) is 2. The molecule has 2 N–H and O–H groups in total. The normalized spacial score (nSPS) is 10.3. The first-order chi connectivity index (χ1) is 12.4. The first kappa shape index (κ1) is 20.3. The van der Waals surface area contributed by atoms with Crippen molar-refractivity contribution in [3.8, 4) is 6.07 Å². The maximum absolute atomic E-state index is 12.6. The third-order valence-corrected chi connectivity index (χ3v) is 4.62. The fourth-order valence-electron chi connectivity index (χ4n) is 2.26. The maximum Gasteiger partial charge on any atom is 0.322 e. The molecule has 136 valence electrons. The maximum atomic E-state index is 12.6. The molecule has 0 saturated heterocycles. The minimum Gasteiger partial charge on any atom is -0.396 e. The monoisotopic (exact) mass is 411 g/mol. The Labute approximate surface area is 166 Å². The lowest BCUT2D eigenvalue weighted by Gasteiger charge is -2.23. The van der Waals surface area contributed by atoms with Crippen molar-refractivity contribution in [2.45, 2.75) is 13.0 Å². The molecule has 2 aromatic rings. The Hall–Kier alpha value is -1.97. The molecule has 2 amide bonds. The number of aliphatic hydroxyl groups is 1. The Morgan fingerprint density at radius 3 is 2.50 bits per heavy atom. The van der Waals surface area contributed by atoms with E-state index in [1.54, 1.807) is 29.2 Å². The van der Waals surface area contributed by atoms with Crippen LogP contribution in [0.4, 0.5) is 10.5 Å². The fourth-order valence-corrected chi connectivity index (χ4v) is 2.80. The summed E-state index contributed by atoms with van der Waals surface area (Å²) in [5, 5.41) is 21.8. The number of nitriles is 1. The first-order valence-corrected chi connectivity index (χ1v) is 8.88. The molecule has 2 aromatic carbocycles. The summed E-state index contributed by atoms with van der Waals surface area (Å²) >= 11 is 17.9. The highest BCUT2D eigenvalue weighted by Gasteiger charge is 2.15. The lowest BCUT2D eigenvalue weighted by molar-refractivity contribution is 0.199. The highest BCUT2D eigenvalue weighted by atomic mass is 35.5. The number of anilines is 1. The number of rotatable bonds is 6. The van der Waals surface area contributed by atoms with Crippen LogP contribution in [0.25, 0.3) is 0 Å². The zero-order chi connectivity index (χ0) is 19.1. The summed E-state index contributed by atoms with van der Waals surface area (Å²) in [6, 6.07) is 11.4. The minimum atomic E-state index is -0.356. The molecule has 0 unspecified atom stereocenters. The van der Waals surface area contributed by atoms with Crippen molar-refractivity contribution < 1.29 is 9.90 Å². The summed E-state index contributed by atoms with van der Waals surface area (Å²) in [6.45, 7) is 0.618. The van der Waals surface area contributed by atoms with E-state index in [1.807, 2.05) is 6.07 Å². The third-order valence-electron chi connectivity index (χ3n) is 3.57. The number of urea groups is 1. The Balaban J connectivity index is 2.14. The Morgan fingerprint density at radius 1 is 1.12 bits per heavy atom. The van der Waals surface area contributed by atoms with Crippen molar-refractivity contribution >= 4 is 46.5 Å². The molecule has 0 aliphatic carbocycles. The molecule has 0 saturated carbocycles. The molecule has 0 heterocycles. The number of benzene rings is 2. The van der Waals surface area contributed by atoms with Crippen molar-refractivity contribution in [1.29, 1.82) is 5.26 Å². The van der Waals surface area contributed by atoms with Gasteiger partial charge in [0.2, 0.25) is 0 Å². The van der Waals surface area contributed by atoms with E-state index in [-0.39, 0.29) is 17.7 Å². The van der Waals surface area contributed by atoms with E-state index in [2.05, 4.69) is 5.32 Å². The second kappa shape index (κ2) is 9.65. The molecular weight excluding hydrogens is 397 g/mol. The van der Waals surface area contributed by atoms with Crippen LogP contribution in [-0.2, 0) is 6.54 Å². The molecule has 0 aliphatic rings. The van der Waals surface area contributed by atoms with E-state index >= 15 is 0 Å². The van der Waals surface area contributed by atoms with Crippen molar-refractivity contribution in [3.05, 3.63) is 62.6 Å². The summed E-state index contributed by atoms with van der Waals surface area (Å²) in [6.07, 6.45) is 0.433. The molecule has 2 rings (SSSR count). The summed E-state index contributed by atoms with van der Waals surface area (Å²) in [5.41, 5.74) is 1.62. The first-order valence-electron chi connectivity index (χ1n) is 7.75. The van der Waals surface area contributed by atoms with Gasteiger partial charge in [-0.3, -0.25) is 0 Å². The number of amides is 2. The molecule has 0 radical (unpaired) electrons. The summed E-state index contributed by atoms with van der Waals surface area (Å²) in [5.74, 6) is 0. The lowest BCUT2D eigenvalue weighted by atomic mass is 10.2. The molecule has 26 heavy (non-hydrogen) atoms. The predicted octanol–water partition coefficient (Wildman–Crippen LogP) is 4.93. The van der Waals surface area contributed by atoms with Gasteiger partial charge in [0.1, 0.15) is 6.07 Å². The van der Waals surface area contributed by atoms with Crippen LogP contribution in [-0.4, -0.2) is 29.2 Å². The average molecular weight is 413 g/mol. The number of hydrogen-bond acceptors (Lipinski definition) is 3. The smallest absolute Gasteiger partial charge is 0.322 e. The molecule has 5 nitrogen and oxygen atoms in total. The van der Waals surface area contributed by atoms with Crippen LogP contribution in [0.15, 0.2) is 36.4 Å². The van der Waals surface area contributed by atoms with Crippen LogP contribution >= 0.6 is 34.8 Å². The van der Waals surface area contributed by atoms with Crippen LogP contribution in [0, 0.1) is 11.3 Å². The Kier molecular flexibility index (Phi) is 7.55. The van der Waals surface area contributed by atoms with E-state index in [9.17, 15) is 4.79 Å². The number of nitrogens with one attached hydrogen (secondary N) is 1. The van der Waals surface area contributed by atoms with Crippen molar-refractivity contribution in [1.82, 2.24) is 4.90 Å². The molecule has 0 spiro atoms. The second-order valence-electron chi connectivity index (χ2n) is 5.48. The van der Waals surface area contributed by atoms with Gasteiger partial charge >= 0.3 is 6.03 Å².